The molecular weight excluding hydrogens is 304 g/mol. The highest BCUT2D eigenvalue weighted by molar-refractivity contribution is 9.10. The van der Waals surface area contributed by atoms with Crippen LogP contribution in [0, 0.1) is 11.3 Å². The fraction of sp³-hybridized carbons (Fsp3) is 0. The van der Waals surface area contributed by atoms with Gasteiger partial charge in [-0.3, -0.25) is 4.98 Å². The fourth-order valence-corrected chi connectivity index (χ4v) is 1.77. The third-order valence-corrected chi connectivity index (χ3v) is 2.65. The van der Waals surface area contributed by atoms with Gasteiger partial charge in [-0.1, -0.05) is 27.5 Å². The average molecular weight is 310 g/mol. The van der Waals surface area contributed by atoms with Crippen LogP contribution in [0.5, 0.6) is 0 Å². The molecule has 2 rings (SSSR count). The number of nitrogens with zero attached hydrogens (tertiary/aromatic N) is 3. The topological polar surface area (TPSA) is 61.6 Å². The highest BCUT2D eigenvalue weighted by atomic mass is 79.9. The van der Waals surface area contributed by atoms with Crippen LogP contribution >= 0.6 is 27.5 Å². The van der Waals surface area contributed by atoms with Gasteiger partial charge in [0, 0.05) is 4.47 Å². The monoisotopic (exact) mass is 308 g/mol. The molecular formula is C11H6BrClN4. The van der Waals surface area contributed by atoms with Crippen molar-refractivity contribution in [3.8, 4) is 6.07 Å². The van der Waals surface area contributed by atoms with Crippen molar-refractivity contribution < 1.29 is 0 Å². The van der Waals surface area contributed by atoms with Gasteiger partial charge in [0.25, 0.3) is 0 Å². The van der Waals surface area contributed by atoms with E-state index < -0.39 is 0 Å². The Labute approximate surface area is 111 Å². The molecule has 0 amide bonds. The Morgan fingerprint density at radius 3 is 2.88 bits per heavy atom. The van der Waals surface area contributed by atoms with Crippen molar-refractivity contribution in [3.05, 3.63) is 45.8 Å². The largest absolute Gasteiger partial charge is 0.338 e. The molecule has 0 radical (unpaired) electrons. The van der Waals surface area contributed by atoms with Crippen LogP contribution in [0.1, 0.15) is 5.56 Å². The Morgan fingerprint density at radius 2 is 2.18 bits per heavy atom. The van der Waals surface area contributed by atoms with Crippen molar-refractivity contribution in [1.82, 2.24) is 9.97 Å². The van der Waals surface area contributed by atoms with Gasteiger partial charge in [0.1, 0.15) is 11.2 Å². The van der Waals surface area contributed by atoms with E-state index in [1.54, 1.807) is 12.1 Å². The molecule has 0 aliphatic heterocycles. The van der Waals surface area contributed by atoms with Crippen molar-refractivity contribution in [2.45, 2.75) is 0 Å². The third kappa shape index (κ3) is 2.93. The summed E-state index contributed by atoms with van der Waals surface area (Å²) in [6.07, 6.45) is 2.98. The van der Waals surface area contributed by atoms with Gasteiger partial charge in [0.15, 0.2) is 5.82 Å². The van der Waals surface area contributed by atoms with Crippen LogP contribution in [-0.4, -0.2) is 9.97 Å². The molecule has 1 aromatic carbocycles. The first-order valence-electron chi connectivity index (χ1n) is 4.63. The summed E-state index contributed by atoms with van der Waals surface area (Å²) in [5, 5.41) is 12.3. The summed E-state index contributed by atoms with van der Waals surface area (Å²) in [6.45, 7) is 0. The molecule has 2 aromatic rings. The van der Waals surface area contributed by atoms with Crippen LogP contribution < -0.4 is 5.32 Å². The van der Waals surface area contributed by atoms with E-state index in [0.717, 1.165) is 4.47 Å². The maximum absolute atomic E-state index is 9.00. The van der Waals surface area contributed by atoms with Crippen LogP contribution in [0.25, 0.3) is 0 Å². The van der Waals surface area contributed by atoms with E-state index in [1.165, 1.54) is 12.4 Å². The number of nitrogens with one attached hydrogen (secondary N) is 1. The second kappa shape index (κ2) is 5.13. The van der Waals surface area contributed by atoms with E-state index in [4.69, 9.17) is 16.9 Å². The number of anilines is 2. The van der Waals surface area contributed by atoms with E-state index in [1.807, 2.05) is 6.07 Å². The van der Waals surface area contributed by atoms with Crippen LogP contribution in [0.4, 0.5) is 11.5 Å². The molecule has 4 nitrogen and oxygen atoms in total. The number of rotatable bonds is 2. The second-order valence-electron chi connectivity index (χ2n) is 3.15. The van der Waals surface area contributed by atoms with Gasteiger partial charge < -0.3 is 5.32 Å². The minimum atomic E-state index is 0.297. The van der Waals surface area contributed by atoms with Crippen LogP contribution in [-0.2, 0) is 0 Å². The second-order valence-corrected chi connectivity index (χ2v) is 4.46. The maximum Gasteiger partial charge on any atom is 0.150 e. The van der Waals surface area contributed by atoms with Crippen LogP contribution in [0.2, 0.25) is 5.15 Å². The lowest BCUT2D eigenvalue weighted by molar-refractivity contribution is 1.20. The predicted molar refractivity (Wildman–Crippen MR) is 69.2 cm³/mol. The van der Waals surface area contributed by atoms with E-state index in [9.17, 15) is 0 Å². The quantitative estimate of drug-likeness (QED) is 0.922. The summed E-state index contributed by atoms with van der Waals surface area (Å²) in [5.41, 5.74) is 1.17. The minimum absolute atomic E-state index is 0.297. The normalized spacial score (nSPS) is 9.71. The molecule has 0 fully saturated rings. The molecule has 0 atom stereocenters. The Bertz CT molecular complexity index is 594. The Balaban J connectivity index is 2.34. The highest BCUT2D eigenvalue weighted by Gasteiger charge is 2.04. The smallest absolute Gasteiger partial charge is 0.150 e. The van der Waals surface area contributed by atoms with E-state index in [2.05, 4.69) is 37.3 Å². The SMILES string of the molecule is N#Cc1cc(Br)ccc1Nc1cncc(Cl)n1. The zero-order valence-corrected chi connectivity index (χ0v) is 10.8. The highest BCUT2D eigenvalue weighted by Crippen LogP contribution is 2.23. The van der Waals surface area contributed by atoms with Crippen molar-refractivity contribution in [1.29, 1.82) is 5.26 Å². The van der Waals surface area contributed by atoms with Crippen LogP contribution in [0.15, 0.2) is 35.1 Å². The number of benzene rings is 1. The number of halogens is 2. The molecule has 84 valence electrons. The molecule has 1 aromatic heterocycles. The molecule has 1 heterocycles. The third-order valence-electron chi connectivity index (χ3n) is 1.97. The molecule has 0 saturated carbocycles. The number of aromatic nitrogens is 2. The van der Waals surface area contributed by atoms with Gasteiger partial charge in [-0.15, -0.1) is 0 Å². The Hall–Kier alpha value is -1.64. The summed E-state index contributed by atoms with van der Waals surface area (Å²) in [6, 6.07) is 7.44. The Morgan fingerprint density at radius 1 is 1.35 bits per heavy atom. The van der Waals surface area contributed by atoms with Gasteiger partial charge in [0.05, 0.1) is 23.6 Å². The summed E-state index contributed by atoms with van der Waals surface area (Å²) in [7, 11) is 0. The predicted octanol–water partition coefficient (Wildman–Crippen LogP) is 3.51. The number of hydrogen-bond donors (Lipinski definition) is 1. The molecule has 0 spiro atoms. The van der Waals surface area contributed by atoms with Crippen molar-refractivity contribution in [2.75, 3.05) is 5.32 Å². The van der Waals surface area contributed by atoms with E-state index in [0.29, 0.717) is 22.2 Å². The van der Waals surface area contributed by atoms with E-state index in [-0.39, 0.29) is 0 Å². The summed E-state index contributed by atoms with van der Waals surface area (Å²) < 4.78 is 0.844. The molecule has 0 bridgehead atoms. The molecule has 0 saturated heterocycles. The summed E-state index contributed by atoms with van der Waals surface area (Å²) in [5.74, 6) is 0.497. The first-order chi connectivity index (χ1) is 8.19. The standard InChI is InChI=1S/C11H6BrClN4/c12-8-1-2-9(7(3-8)4-14)16-11-6-15-5-10(13)17-11/h1-3,5-6H,(H,16,17). The molecule has 6 heteroatoms. The molecule has 1 N–H and O–H groups in total. The average Bonchev–Trinajstić information content (AvgIpc) is 2.31. The van der Waals surface area contributed by atoms with Crippen molar-refractivity contribution in [2.24, 2.45) is 0 Å². The lowest BCUT2D eigenvalue weighted by atomic mass is 10.2. The van der Waals surface area contributed by atoms with Crippen molar-refractivity contribution in [3.63, 3.8) is 0 Å². The molecule has 0 aliphatic carbocycles. The van der Waals surface area contributed by atoms with Gasteiger partial charge in [-0.25, -0.2) is 4.98 Å². The van der Waals surface area contributed by atoms with Gasteiger partial charge in [0.2, 0.25) is 0 Å². The lowest BCUT2D eigenvalue weighted by Gasteiger charge is -2.07. The summed E-state index contributed by atoms with van der Waals surface area (Å²) in [4.78, 5) is 7.94. The van der Waals surface area contributed by atoms with Gasteiger partial charge in [-0.05, 0) is 18.2 Å². The van der Waals surface area contributed by atoms with E-state index >= 15 is 0 Å². The van der Waals surface area contributed by atoms with Gasteiger partial charge >= 0.3 is 0 Å². The van der Waals surface area contributed by atoms with Crippen LogP contribution in [0.3, 0.4) is 0 Å². The molecule has 17 heavy (non-hydrogen) atoms. The number of nitriles is 1. The van der Waals surface area contributed by atoms with Crippen molar-refractivity contribution >= 4 is 39.0 Å². The minimum Gasteiger partial charge on any atom is -0.338 e. The fourth-order valence-electron chi connectivity index (χ4n) is 1.26. The Kier molecular flexibility index (Phi) is 3.57. The molecule has 0 unspecified atom stereocenters. The molecule has 0 aliphatic rings. The van der Waals surface area contributed by atoms with Gasteiger partial charge in [-0.2, -0.15) is 5.26 Å². The zero-order chi connectivity index (χ0) is 12.3. The number of hydrogen-bond acceptors (Lipinski definition) is 4. The zero-order valence-electron chi connectivity index (χ0n) is 8.48. The lowest BCUT2D eigenvalue weighted by Crippen LogP contribution is -1.96. The first-order valence-corrected chi connectivity index (χ1v) is 5.80. The summed E-state index contributed by atoms with van der Waals surface area (Å²) >= 11 is 9.03. The first kappa shape index (κ1) is 11.8. The maximum atomic E-state index is 9.00.